The highest BCUT2D eigenvalue weighted by Crippen LogP contribution is 2.26. The van der Waals surface area contributed by atoms with Crippen LogP contribution in [0.15, 0.2) is 18.2 Å². The largest absolute Gasteiger partial charge is 0.480 e. The van der Waals surface area contributed by atoms with Crippen molar-refractivity contribution in [2.24, 2.45) is 0 Å². The molecule has 0 aromatic heterocycles. The third-order valence-electron chi connectivity index (χ3n) is 4.09. The van der Waals surface area contributed by atoms with E-state index in [9.17, 15) is 9.59 Å². The molecule has 1 aliphatic rings. The molecule has 1 amide bonds. The van der Waals surface area contributed by atoms with Crippen LogP contribution in [0.4, 0.5) is 0 Å². The molecule has 0 bridgehead atoms. The number of nitrogens with one attached hydrogen (secondary N) is 1. The summed E-state index contributed by atoms with van der Waals surface area (Å²) >= 11 is 11.8. The van der Waals surface area contributed by atoms with Crippen molar-refractivity contribution in [3.05, 3.63) is 33.8 Å². The van der Waals surface area contributed by atoms with Gasteiger partial charge >= 0.3 is 5.97 Å². The molecule has 1 aromatic carbocycles. The van der Waals surface area contributed by atoms with E-state index in [1.165, 1.54) is 0 Å². The number of carbonyl (C=O) groups excluding carboxylic acids is 1. The molecule has 0 saturated heterocycles. The summed E-state index contributed by atoms with van der Waals surface area (Å²) in [6, 6.07) is 5.49. The average molecular weight is 359 g/mol. The highest BCUT2D eigenvalue weighted by atomic mass is 35.5. The fourth-order valence-electron chi connectivity index (χ4n) is 2.79. The maximum absolute atomic E-state index is 12.0. The monoisotopic (exact) mass is 358 g/mol. The van der Waals surface area contributed by atoms with Crippen LogP contribution in [0.5, 0.6) is 0 Å². The summed E-state index contributed by atoms with van der Waals surface area (Å²) in [6.45, 7) is 2.69. The third-order valence-corrected chi connectivity index (χ3v) is 4.83. The van der Waals surface area contributed by atoms with Crippen LogP contribution in [0.2, 0.25) is 10.0 Å². The number of hydrogen-bond acceptors (Lipinski definition) is 3. The van der Waals surface area contributed by atoms with E-state index in [-0.39, 0.29) is 31.0 Å². The van der Waals surface area contributed by atoms with Crippen molar-refractivity contribution in [1.29, 1.82) is 0 Å². The molecule has 1 fully saturated rings. The Kier molecular flexibility index (Phi) is 6.27. The van der Waals surface area contributed by atoms with E-state index in [4.69, 9.17) is 28.3 Å². The minimum Gasteiger partial charge on any atom is -0.480 e. The molecule has 23 heavy (non-hydrogen) atoms. The van der Waals surface area contributed by atoms with Gasteiger partial charge in [0.05, 0.1) is 23.0 Å². The van der Waals surface area contributed by atoms with Crippen LogP contribution < -0.4 is 5.32 Å². The zero-order chi connectivity index (χ0) is 17.0. The number of rotatable bonds is 7. The zero-order valence-electron chi connectivity index (χ0n) is 12.9. The van der Waals surface area contributed by atoms with E-state index in [2.05, 4.69) is 5.32 Å². The minimum atomic E-state index is -0.820. The highest BCUT2D eigenvalue weighted by molar-refractivity contribution is 6.42. The summed E-state index contributed by atoms with van der Waals surface area (Å²) in [4.78, 5) is 24.8. The number of amides is 1. The van der Waals surface area contributed by atoms with E-state index in [1.807, 2.05) is 11.8 Å². The van der Waals surface area contributed by atoms with E-state index in [0.717, 1.165) is 18.4 Å². The summed E-state index contributed by atoms with van der Waals surface area (Å²) in [5.74, 6) is -0.882. The van der Waals surface area contributed by atoms with Crippen molar-refractivity contribution < 1.29 is 14.7 Å². The Morgan fingerprint density at radius 1 is 1.30 bits per heavy atom. The van der Waals surface area contributed by atoms with Gasteiger partial charge in [-0.15, -0.1) is 0 Å². The van der Waals surface area contributed by atoms with Crippen LogP contribution in [0, 0.1) is 0 Å². The summed E-state index contributed by atoms with van der Waals surface area (Å²) in [5.41, 5.74) is 0.814. The van der Waals surface area contributed by atoms with E-state index in [0.29, 0.717) is 16.6 Å². The molecule has 7 heteroatoms. The Hall–Kier alpha value is -1.30. The number of benzene rings is 1. The second-order valence-corrected chi connectivity index (χ2v) is 6.59. The molecule has 5 nitrogen and oxygen atoms in total. The van der Waals surface area contributed by atoms with E-state index >= 15 is 0 Å². The van der Waals surface area contributed by atoms with Gasteiger partial charge in [0.25, 0.3) is 0 Å². The molecule has 0 heterocycles. The Balaban J connectivity index is 1.77. The van der Waals surface area contributed by atoms with Gasteiger partial charge in [-0.1, -0.05) is 36.2 Å². The molecular weight excluding hydrogens is 339 g/mol. The maximum atomic E-state index is 12.0. The van der Waals surface area contributed by atoms with Gasteiger partial charge in [0.15, 0.2) is 0 Å². The number of carboxylic acids is 1. The van der Waals surface area contributed by atoms with Crippen LogP contribution in [0.25, 0.3) is 0 Å². The zero-order valence-corrected chi connectivity index (χ0v) is 14.4. The van der Waals surface area contributed by atoms with Crippen molar-refractivity contribution in [1.82, 2.24) is 10.2 Å². The second-order valence-electron chi connectivity index (χ2n) is 5.77. The fourth-order valence-corrected chi connectivity index (χ4v) is 3.11. The van der Waals surface area contributed by atoms with Crippen molar-refractivity contribution in [3.63, 3.8) is 0 Å². The number of likely N-dealkylation sites (N-methyl/N-ethyl adjacent to an activating group) is 1. The summed E-state index contributed by atoms with van der Waals surface area (Å²) in [7, 11) is 0. The molecule has 0 aliphatic heterocycles. The van der Waals surface area contributed by atoms with Gasteiger partial charge < -0.3 is 10.4 Å². The van der Waals surface area contributed by atoms with Gasteiger partial charge in [-0.05, 0) is 37.1 Å². The highest BCUT2D eigenvalue weighted by Gasteiger charge is 2.34. The quantitative estimate of drug-likeness (QED) is 0.785. The first-order chi connectivity index (χ1) is 10.9. The van der Waals surface area contributed by atoms with Gasteiger partial charge in [0, 0.05) is 12.1 Å². The number of halogens is 2. The molecule has 0 atom stereocenters. The van der Waals surface area contributed by atoms with Crippen molar-refractivity contribution in [2.45, 2.75) is 38.3 Å². The van der Waals surface area contributed by atoms with Crippen LogP contribution in [0.1, 0.15) is 25.3 Å². The van der Waals surface area contributed by atoms with Crippen LogP contribution in [-0.4, -0.2) is 47.1 Å². The number of hydrogen-bond donors (Lipinski definition) is 2. The summed E-state index contributed by atoms with van der Waals surface area (Å²) in [6.07, 6.45) is 1.83. The lowest BCUT2D eigenvalue weighted by atomic mass is 9.85. The SMILES string of the molecule is CCN(CC(=O)O)C1CC(NC(=O)Cc2ccc(Cl)c(Cl)c2)C1. The molecule has 1 aromatic rings. The number of carbonyl (C=O) groups is 2. The number of carboxylic acid groups (broad SMARTS) is 1. The second kappa shape index (κ2) is 7.99. The topological polar surface area (TPSA) is 69.6 Å². The maximum Gasteiger partial charge on any atom is 0.317 e. The molecule has 2 N–H and O–H groups in total. The Labute approximate surface area is 145 Å². The Morgan fingerprint density at radius 3 is 2.57 bits per heavy atom. The van der Waals surface area contributed by atoms with Gasteiger partial charge in [-0.25, -0.2) is 0 Å². The smallest absolute Gasteiger partial charge is 0.317 e. The van der Waals surface area contributed by atoms with Crippen LogP contribution >= 0.6 is 23.2 Å². The molecule has 2 rings (SSSR count). The lowest BCUT2D eigenvalue weighted by Gasteiger charge is -2.42. The van der Waals surface area contributed by atoms with Crippen molar-refractivity contribution >= 4 is 35.1 Å². The minimum absolute atomic E-state index is 0.0467. The molecule has 0 unspecified atom stereocenters. The molecule has 1 aliphatic carbocycles. The standard InChI is InChI=1S/C16H20Cl2N2O3/c1-2-20(9-16(22)23)12-7-11(8-12)19-15(21)6-10-3-4-13(17)14(18)5-10/h3-5,11-12H,2,6-9H2,1H3,(H,19,21)(H,22,23). The van der Waals surface area contributed by atoms with Crippen LogP contribution in [0.3, 0.4) is 0 Å². The molecule has 0 spiro atoms. The predicted octanol–water partition coefficient (Wildman–Crippen LogP) is 2.59. The molecule has 1 saturated carbocycles. The first kappa shape index (κ1) is 18.0. The van der Waals surface area contributed by atoms with Gasteiger partial charge in [-0.3, -0.25) is 14.5 Å². The lowest BCUT2D eigenvalue weighted by molar-refractivity contribution is -0.139. The Bertz CT molecular complexity index is 589. The van der Waals surface area contributed by atoms with Gasteiger partial charge in [0.1, 0.15) is 0 Å². The first-order valence-electron chi connectivity index (χ1n) is 7.58. The van der Waals surface area contributed by atoms with Crippen molar-refractivity contribution in [3.8, 4) is 0 Å². The first-order valence-corrected chi connectivity index (χ1v) is 8.33. The Morgan fingerprint density at radius 2 is 2.00 bits per heavy atom. The van der Waals surface area contributed by atoms with E-state index in [1.54, 1.807) is 18.2 Å². The average Bonchev–Trinajstić information content (AvgIpc) is 2.44. The number of nitrogens with zero attached hydrogens (tertiary/aromatic N) is 1. The lowest BCUT2D eigenvalue weighted by Crippen LogP contribution is -2.55. The number of aliphatic carboxylic acids is 1. The van der Waals surface area contributed by atoms with Crippen molar-refractivity contribution in [2.75, 3.05) is 13.1 Å². The molecular formula is C16H20Cl2N2O3. The third kappa shape index (κ3) is 5.09. The van der Waals surface area contributed by atoms with Crippen LogP contribution in [-0.2, 0) is 16.0 Å². The summed E-state index contributed by atoms with van der Waals surface area (Å²) in [5, 5.41) is 12.7. The molecule has 0 radical (unpaired) electrons. The van der Waals surface area contributed by atoms with E-state index < -0.39 is 5.97 Å². The van der Waals surface area contributed by atoms with Gasteiger partial charge in [0.2, 0.25) is 5.91 Å². The molecule has 126 valence electrons. The summed E-state index contributed by atoms with van der Waals surface area (Å²) < 4.78 is 0. The fraction of sp³-hybridized carbons (Fsp3) is 0.500. The predicted molar refractivity (Wildman–Crippen MR) is 90.0 cm³/mol. The normalized spacial score (nSPS) is 20.2. The van der Waals surface area contributed by atoms with Gasteiger partial charge in [-0.2, -0.15) is 0 Å².